The maximum absolute atomic E-state index is 5.35. The maximum Gasteiger partial charge on any atom is 0.123 e. The Balaban J connectivity index is 1.78. The highest BCUT2D eigenvalue weighted by molar-refractivity contribution is 6.01. The number of ether oxygens (including phenoxy) is 1. The summed E-state index contributed by atoms with van der Waals surface area (Å²) in [6.07, 6.45) is 1.90. The molecule has 0 fully saturated rings. The van der Waals surface area contributed by atoms with Crippen molar-refractivity contribution in [3.63, 3.8) is 0 Å². The highest BCUT2D eigenvalue weighted by Gasteiger charge is 2.09. The Hall–Kier alpha value is -2.75. The molecule has 2 aromatic carbocycles. The molecular formula is C19H21N3O. The number of hydrogen-bond donors (Lipinski definition) is 1. The van der Waals surface area contributed by atoms with Crippen LogP contribution in [-0.4, -0.2) is 17.9 Å². The standard InChI is InChI=1S/C19H21N3O/c1-14-17(16-9-5-6-10-18(16)22(14)2)13-21-20-12-15-8-4-7-11-19(15)23-3/h4-11,13,20H,12H2,1-3H3/b21-13-. The van der Waals surface area contributed by atoms with Gasteiger partial charge < -0.3 is 14.7 Å². The van der Waals surface area contributed by atoms with Crippen molar-refractivity contribution in [2.45, 2.75) is 13.5 Å². The molecule has 0 aliphatic rings. The maximum atomic E-state index is 5.35. The second kappa shape index (κ2) is 6.57. The van der Waals surface area contributed by atoms with Crippen LogP contribution in [0.5, 0.6) is 5.75 Å². The second-order valence-electron chi connectivity index (χ2n) is 5.48. The molecule has 4 nitrogen and oxygen atoms in total. The summed E-state index contributed by atoms with van der Waals surface area (Å²) in [5, 5.41) is 5.61. The average molecular weight is 307 g/mol. The zero-order valence-corrected chi connectivity index (χ0v) is 13.7. The van der Waals surface area contributed by atoms with Gasteiger partial charge in [-0.15, -0.1) is 0 Å². The third-order valence-electron chi connectivity index (χ3n) is 4.20. The first kappa shape index (κ1) is 15.2. The molecule has 1 N–H and O–H groups in total. The van der Waals surface area contributed by atoms with Crippen molar-refractivity contribution in [3.05, 3.63) is 65.4 Å². The Morgan fingerprint density at radius 2 is 1.87 bits per heavy atom. The molecule has 0 spiro atoms. The monoisotopic (exact) mass is 307 g/mol. The molecule has 118 valence electrons. The Bertz CT molecular complexity index is 849. The number of hydrogen-bond acceptors (Lipinski definition) is 3. The Labute approximate surface area is 136 Å². The summed E-state index contributed by atoms with van der Waals surface area (Å²) < 4.78 is 7.54. The van der Waals surface area contributed by atoms with E-state index < -0.39 is 0 Å². The smallest absolute Gasteiger partial charge is 0.123 e. The number of para-hydroxylation sites is 2. The summed E-state index contributed by atoms with van der Waals surface area (Å²) in [6, 6.07) is 16.3. The van der Waals surface area contributed by atoms with Crippen molar-refractivity contribution < 1.29 is 4.74 Å². The Kier molecular flexibility index (Phi) is 4.33. The first-order valence-electron chi connectivity index (χ1n) is 7.64. The van der Waals surface area contributed by atoms with Crippen LogP contribution in [0.1, 0.15) is 16.8 Å². The van der Waals surface area contributed by atoms with Crippen molar-refractivity contribution in [2.75, 3.05) is 7.11 Å². The number of nitrogens with one attached hydrogen (secondary N) is 1. The highest BCUT2D eigenvalue weighted by atomic mass is 16.5. The van der Waals surface area contributed by atoms with Crippen LogP contribution in [0.4, 0.5) is 0 Å². The van der Waals surface area contributed by atoms with Gasteiger partial charge in [0.1, 0.15) is 5.75 Å². The number of aromatic nitrogens is 1. The largest absolute Gasteiger partial charge is 0.496 e. The molecule has 3 aromatic rings. The number of rotatable bonds is 5. The van der Waals surface area contributed by atoms with Crippen LogP contribution in [0, 0.1) is 6.92 Å². The number of fused-ring (bicyclic) bond motifs is 1. The van der Waals surface area contributed by atoms with Crippen molar-refractivity contribution in [1.82, 2.24) is 9.99 Å². The van der Waals surface area contributed by atoms with E-state index in [1.165, 1.54) is 16.6 Å². The summed E-state index contributed by atoms with van der Waals surface area (Å²) in [5.41, 5.74) is 7.76. The van der Waals surface area contributed by atoms with Crippen molar-refractivity contribution in [1.29, 1.82) is 0 Å². The van der Waals surface area contributed by atoms with Gasteiger partial charge in [0.15, 0.2) is 0 Å². The van der Waals surface area contributed by atoms with Crippen molar-refractivity contribution in [3.8, 4) is 5.75 Å². The molecule has 0 bridgehead atoms. The van der Waals surface area contributed by atoms with Gasteiger partial charge in [-0.05, 0) is 19.1 Å². The van der Waals surface area contributed by atoms with Gasteiger partial charge in [-0.2, -0.15) is 5.10 Å². The quantitative estimate of drug-likeness (QED) is 0.577. The lowest BCUT2D eigenvalue weighted by Crippen LogP contribution is -2.07. The van der Waals surface area contributed by atoms with E-state index in [1.807, 2.05) is 30.5 Å². The van der Waals surface area contributed by atoms with E-state index in [4.69, 9.17) is 4.74 Å². The van der Waals surface area contributed by atoms with E-state index in [-0.39, 0.29) is 0 Å². The van der Waals surface area contributed by atoms with E-state index in [9.17, 15) is 0 Å². The predicted molar refractivity (Wildman–Crippen MR) is 95.1 cm³/mol. The van der Waals surface area contributed by atoms with Gasteiger partial charge in [0.2, 0.25) is 0 Å². The van der Waals surface area contributed by atoms with Gasteiger partial charge in [0.05, 0.1) is 19.9 Å². The van der Waals surface area contributed by atoms with Gasteiger partial charge in [-0.1, -0.05) is 36.4 Å². The predicted octanol–water partition coefficient (Wildman–Crippen LogP) is 3.62. The number of aryl methyl sites for hydroxylation is 1. The highest BCUT2D eigenvalue weighted by Crippen LogP contribution is 2.23. The SMILES string of the molecule is COc1ccccc1CN/N=C\c1c(C)n(C)c2ccccc12. The lowest BCUT2D eigenvalue weighted by molar-refractivity contribution is 0.408. The molecule has 0 aliphatic heterocycles. The average Bonchev–Trinajstić information content (AvgIpc) is 2.84. The Morgan fingerprint density at radius 1 is 1.13 bits per heavy atom. The number of hydrazone groups is 1. The van der Waals surface area contributed by atoms with Gasteiger partial charge >= 0.3 is 0 Å². The molecule has 1 aromatic heterocycles. The van der Waals surface area contributed by atoms with Crippen molar-refractivity contribution >= 4 is 17.1 Å². The molecule has 3 rings (SSSR count). The minimum Gasteiger partial charge on any atom is -0.496 e. The fourth-order valence-electron chi connectivity index (χ4n) is 2.80. The molecule has 0 aliphatic carbocycles. The number of benzene rings is 2. The van der Waals surface area contributed by atoms with Crippen LogP contribution in [0.3, 0.4) is 0 Å². The van der Waals surface area contributed by atoms with Crippen LogP contribution < -0.4 is 10.2 Å². The Morgan fingerprint density at radius 3 is 2.70 bits per heavy atom. The van der Waals surface area contributed by atoms with Crippen LogP contribution in [0.25, 0.3) is 10.9 Å². The molecule has 0 saturated heterocycles. The molecule has 0 unspecified atom stereocenters. The van der Waals surface area contributed by atoms with E-state index >= 15 is 0 Å². The van der Waals surface area contributed by atoms with Gasteiger partial charge in [0, 0.05) is 34.8 Å². The van der Waals surface area contributed by atoms with Crippen molar-refractivity contribution in [2.24, 2.45) is 12.1 Å². The summed E-state index contributed by atoms with van der Waals surface area (Å²) in [5.74, 6) is 0.872. The summed E-state index contributed by atoms with van der Waals surface area (Å²) in [6.45, 7) is 2.74. The van der Waals surface area contributed by atoms with E-state index in [2.05, 4.69) is 53.3 Å². The molecule has 4 heteroatoms. The van der Waals surface area contributed by atoms with Crippen LogP contribution in [0.15, 0.2) is 53.6 Å². The molecular weight excluding hydrogens is 286 g/mol. The third kappa shape index (κ3) is 2.93. The first-order chi connectivity index (χ1) is 11.2. The molecule has 0 atom stereocenters. The summed E-state index contributed by atoms with van der Waals surface area (Å²) in [7, 11) is 3.76. The summed E-state index contributed by atoms with van der Waals surface area (Å²) in [4.78, 5) is 0. The van der Waals surface area contributed by atoms with Crippen LogP contribution in [-0.2, 0) is 13.6 Å². The zero-order valence-electron chi connectivity index (χ0n) is 13.7. The van der Waals surface area contributed by atoms with Gasteiger partial charge in [-0.3, -0.25) is 0 Å². The molecule has 0 amide bonds. The third-order valence-corrected chi connectivity index (χ3v) is 4.20. The minimum absolute atomic E-state index is 0.629. The molecule has 0 radical (unpaired) electrons. The number of methoxy groups -OCH3 is 1. The lowest BCUT2D eigenvalue weighted by Gasteiger charge is -2.07. The molecule has 1 heterocycles. The second-order valence-corrected chi connectivity index (χ2v) is 5.48. The summed E-state index contributed by atoms with van der Waals surface area (Å²) >= 11 is 0. The van der Waals surface area contributed by atoms with E-state index in [0.717, 1.165) is 16.9 Å². The van der Waals surface area contributed by atoms with Gasteiger partial charge in [-0.25, -0.2) is 0 Å². The van der Waals surface area contributed by atoms with Crippen LogP contribution >= 0.6 is 0 Å². The minimum atomic E-state index is 0.629. The van der Waals surface area contributed by atoms with E-state index in [0.29, 0.717) is 6.54 Å². The van der Waals surface area contributed by atoms with Gasteiger partial charge in [0.25, 0.3) is 0 Å². The van der Waals surface area contributed by atoms with Crippen LogP contribution in [0.2, 0.25) is 0 Å². The molecule has 23 heavy (non-hydrogen) atoms. The number of nitrogens with zero attached hydrogens (tertiary/aromatic N) is 2. The topological polar surface area (TPSA) is 38.5 Å². The normalized spacial score (nSPS) is 11.3. The fraction of sp³-hybridized carbons (Fsp3) is 0.211. The lowest BCUT2D eigenvalue weighted by atomic mass is 10.1. The fourth-order valence-corrected chi connectivity index (χ4v) is 2.80. The van der Waals surface area contributed by atoms with E-state index in [1.54, 1.807) is 7.11 Å². The first-order valence-corrected chi connectivity index (χ1v) is 7.64. The molecule has 0 saturated carbocycles. The zero-order chi connectivity index (χ0) is 16.2.